The van der Waals surface area contributed by atoms with E-state index in [-0.39, 0.29) is 19.1 Å². The Morgan fingerprint density at radius 3 is 2.62 bits per heavy atom. The van der Waals surface area contributed by atoms with Crippen LogP contribution in [0.4, 0.5) is 13.2 Å². The maximum absolute atomic E-state index is 12.8. The maximum atomic E-state index is 12.8. The Balaban J connectivity index is 2.41. The average Bonchev–Trinajstić information content (AvgIpc) is 2.37. The summed E-state index contributed by atoms with van der Waals surface area (Å²) in [5.41, 5.74) is -1.14. The maximum Gasteiger partial charge on any atom is 0.417 e. The molecule has 0 radical (unpaired) electrons. The Morgan fingerprint density at radius 1 is 1.38 bits per heavy atom. The summed E-state index contributed by atoms with van der Waals surface area (Å²) in [5, 5.41) is 2.55. The van der Waals surface area contributed by atoms with Crippen molar-refractivity contribution in [1.82, 2.24) is 9.62 Å². The molecular weight excluding hydrogens is 329 g/mol. The van der Waals surface area contributed by atoms with Gasteiger partial charge in [0, 0.05) is 25.7 Å². The van der Waals surface area contributed by atoms with Crippen LogP contribution in [0.15, 0.2) is 23.1 Å². The summed E-state index contributed by atoms with van der Waals surface area (Å²) >= 11 is 5.50. The quantitative estimate of drug-likeness (QED) is 0.897. The number of alkyl halides is 3. The lowest BCUT2D eigenvalue weighted by Crippen LogP contribution is -2.51. The third-order valence-corrected chi connectivity index (χ3v) is 5.40. The van der Waals surface area contributed by atoms with Gasteiger partial charge in [0.1, 0.15) is 0 Å². The monoisotopic (exact) mass is 342 g/mol. The smallest absolute Gasteiger partial charge is 0.312 e. The van der Waals surface area contributed by atoms with Crippen molar-refractivity contribution in [2.45, 2.75) is 24.0 Å². The van der Waals surface area contributed by atoms with E-state index in [0.717, 1.165) is 12.1 Å². The molecule has 1 aromatic carbocycles. The van der Waals surface area contributed by atoms with Gasteiger partial charge in [-0.05, 0) is 25.1 Å². The number of nitrogens with one attached hydrogen (secondary N) is 1. The Labute approximate surface area is 125 Å². The van der Waals surface area contributed by atoms with Crippen LogP contribution in [0.1, 0.15) is 12.5 Å². The third kappa shape index (κ3) is 3.50. The summed E-state index contributed by atoms with van der Waals surface area (Å²) in [6, 6.07) is 2.59. The fraction of sp³-hybridized carbons (Fsp3) is 0.500. The van der Waals surface area contributed by atoms with Crippen molar-refractivity contribution in [2.75, 3.05) is 19.6 Å². The summed E-state index contributed by atoms with van der Waals surface area (Å²) in [6.45, 7) is 2.70. The van der Waals surface area contributed by atoms with Crippen LogP contribution in [0.3, 0.4) is 0 Å². The van der Waals surface area contributed by atoms with Gasteiger partial charge < -0.3 is 5.32 Å². The molecule has 0 bridgehead atoms. The van der Waals surface area contributed by atoms with Crippen molar-refractivity contribution in [1.29, 1.82) is 0 Å². The molecule has 0 unspecified atom stereocenters. The molecule has 1 aliphatic heterocycles. The van der Waals surface area contributed by atoms with Gasteiger partial charge in [-0.25, -0.2) is 8.42 Å². The van der Waals surface area contributed by atoms with Crippen LogP contribution in [0.25, 0.3) is 0 Å². The van der Waals surface area contributed by atoms with Crippen molar-refractivity contribution in [3.05, 3.63) is 28.8 Å². The number of rotatable bonds is 2. The molecule has 1 aromatic rings. The predicted molar refractivity (Wildman–Crippen MR) is 72.7 cm³/mol. The molecule has 0 aliphatic carbocycles. The van der Waals surface area contributed by atoms with Gasteiger partial charge in [0.2, 0.25) is 10.0 Å². The summed E-state index contributed by atoms with van der Waals surface area (Å²) in [5.74, 6) is 0. The van der Waals surface area contributed by atoms with Crippen LogP contribution in [0.2, 0.25) is 5.02 Å². The van der Waals surface area contributed by atoms with E-state index in [2.05, 4.69) is 5.32 Å². The number of nitrogens with zero attached hydrogens (tertiary/aromatic N) is 1. The van der Waals surface area contributed by atoms with E-state index in [9.17, 15) is 21.6 Å². The second-order valence-electron chi connectivity index (χ2n) is 4.86. The van der Waals surface area contributed by atoms with Gasteiger partial charge in [-0.3, -0.25) is 0 Å². The second-order valence-corrected chi connectivity index (χ2v) is 7.20. The molecule has 0 amide bonds. The molecule has 0 aromatic heterocycles. The molecule has 1 fully saturated rings. The minimum absolute atomic E-state index is 0.0529. The lowest BCUT2D eigenvalue weighted by atomic mass is 10.2. The first-order valence-electron chi connectivity index (χ1n) is 6.22. The van der Waals surface area contributed by atoms with Gasteiger partial charge in [-0.1, -0.05) is 11.6 Å². The van der Waals surface area contributed by atoms with E-state index in [0.29, 0.717) is 12.6 Å². The average molecular weight is 343 g/mol. The van der Waals surface area contributed by atoms with Crippen LogP contribution in [0, 0.1) is 0 Å². The zero-order valence-electron chi connectivity index (χ0n) is 11.1. The molecule has 0 spiro atoms. The highest BCUT2D eigenvalue weighted by Gasteiger charge is 2.36. The van der Waals surface area contributed by atoms with Crippen LogP contribution in [-0.2, 0) is 16.2 Å². The highest BCUT2D eigenvalue weighted by atomic mass is 35.5. The van der Waals surface area contributed by atoms with Crippen LogP contribution >= 0.6 is 11.6 Å². The van der Waals surface area contributed by atoms with Crippen LogP contribution < -0.4 is 5.32 Å². The fourth-order valence-corrected chi connectivity index (χ4v) is 3.93. The molecule has 118 valence electrons. The van der Waals surface area contributed by atoms with Crippen molar-refractivity contribution in [3.8, 4) is 0 Å². The van der Waals surface area contributed by atoms with Crippen LogP contribution in [-0.4, -0.2) is 38.4 Å². The molecule has 1 heterocycles. The standard InChI is InChI=1S/C12H14ClF3N2O2S/c1-8-7-18(5-4-17-8)21(19,20)9-2-3-11(13)10(6-9)12(14,15)16/h2-3,6,8,17H,4-5,7H2,1H3/t8-/m0/s1. The number of sulfonamides is 1. The van der Waals surface area contributed by atoms with E-state index in [4.69, 9.17) is 11.6 Å². The predicted octanol–water partition coefficient (Wildman–Crippen LogP) is 2.34. The first-order valence-corrected chi connectivity index (χ1v) is 8.04. The highest BCUT2D eigenvalue weighted by Crippen LogP contribution is 2.36. The van der Waals surface area contributed by atoms with E-state index in [1.807, 2.05) is 6.92 Å². The zero-order chi connectivity index (χ0) is 15.8. The van der Waals surface area contributed by atoms with Gasteiger partial charge in [0.25, 0.3) is 0 Å². The first kappa shape index (κ1) is 16.5. The van der Waals surface area contributed by atoms with Gasteiger partial charge in [0.15, 0.2) is 0 Å². The first-order chi connectivity index (χ1) is 9.62. The minimum Gasteiger partial charge on any atom is -0.312 e. The molecule has 1 N–H and O–H groups in total. The molecule has 2 rings (SSSR count). The summed E-state index contributed by atoms with van der Waals surface area (Å²) in [6.07, 6.45) is -4.70. The van der Waals surface area contributed by atoms with E-state index >= 15 is 0 Å². The molecular formula is C12H14ClF3N2O2S. The lowest BCUT2D eigenvalue weighted by molar-refractivity contribution is -0.137. The van der Waals surface area contributed by atoms with Crippen molar-refractivity contribution < 1.29 is 21.6 Å². The molecule has 1 aliphatic rings. The number of halogens is 4. The van der Waals surface area contributed by atoms with E-state index in [1.54, 1.807) is 0 Å². The number of benzene rings is 1. The van der Waals surface area contributed by atoms with Crippen molar-refractivity contribution in [2.24, 2.45) is 0 Å². The molecule has 9 heteroatoms. The van der Waals surface area contributed by atoms with Gasteiger partial charge >= 0.3 is 6.18 Å². The van der Waals surface area contributed by atoms with E-state index in [1.165, 1.54) is 4.31 Å². The molecule has 21 heavy (non-hydrogen) atoms. The largest absolute Gasteiger partial charge is 0.417 e. The Hall–Kier alpha value is -0.830. The second kappa shape index (κ2) is 5.75. The molecule has 4 nitrogen and oxygen atoms in total. The third-order valence-electron chi connectivity index (χ3n) is 3.21. The minimum atomic E-state index is -4.70. The molecule has 1 saturated heterocycles. The van der Waals surface area contributed by atoms with Crippen molar-refractivity contribution >= 4 is 21.6 Å². The van der Waals surface area contributed by atoms with Crippen molar-refractivity contribution in [3.63, 3.8) is 0 Å². The summed E-state index contributed by atoms with van der Waals surface area (Å²) < 4.78 is 64.5. The Bertz CT molecular complexity index is 634. The SMILES string of the molecule is C[C@H]1CN(S(=O)(=O)c2ccc(Cl)c(C(F)(F)F)c2)CCN1. The van der Waals surface area contributed by atoms with Crippen LogP contribution in [0.5, 0.6) is 0 Å². The van der Waals surface area contributed by atoms with Gasteiger partial charge in [-0.2, -0.15) is 17.5 Å². The molecule has 0 saturated carbocycles. The normalized spacial score (nSPS) is 21.5. The van der Waals surface area contributed by atoms with E-state index < -0.39 is 31.7 Å². The lowest BCUT2D eigenvalue weighted by Gasteiger charge is -2.31. The topological polar surface area (TPSA) is 49.4 Å². The number of hydrogen-bond donors (Lipinski definition) is 1. The highest BCUT2D eigenvalue weighted by molar-refractivity contribution is 7.89. The summed E-state index contributed by atoms with van der Waals surface area (Å²) in [7, 11) is -3.96. The summed E-state index contributed by atoms with van der Waals surface area (Å²) in [4.78, 5) is -0.395. The van der Waals surface area contributed by atoms with Gasteiger partial charge in [0.05, 0.1) is 15.5 Å². The zero-order valence-corrected chi connectivity index (χ0v) is 12.7. The Kier molecular flexibility index (Phi) is 4.53. The Morgan fingerprint density at radius 2 is 2.05 bits per heavy atom. The number of piperazine rings is 1. The number of hydrogen-bond acceptors (Lipinski definition) is 3. The van der Waals surface area contributed by atoms with Gasteiger partial charge in [-0.15, -0.1) is 0 Å². The fourth-order valence-electron chi connectivity index (χ4n) is 2.15. The molecule has 1 atom stereocenters.